The summed E-state index contributed by atoms with van der Waals surface area (Å²) in [4.78, 5) is 34.3. The summed E-state index contributed by atoms with van der Waals surface area (Å²) in [6, 6.07) is 9.00. The van der Waals surface area contributed by atoms with E-state index in [4.69, 9.17) is 9.84 Å². The number of carboxylic acid groups (broad SMARTS) is 1. The smallest absolute Gasteiger partial charge is 0.339 e. The van der Waals surface area contributed by atoms with Crippen LogP contribution in [0.2, 0.25) is 0 Å². The minimum absolute atomic E-state index is 0.132. The molecule has 0 saturated carbocycles. The van der Waals surface area contributed by atoms with Crippen molar-refractivity contribution in [1.82, 2.24) is 0 Å². The second-order valence-electron chi connectivity index (χ2n) is 4.79. The maximum Gasteiger partial charge on any atom is 0.339 e. The lowest BCUT2D eigenvalue weighted by atomic mass is 10.1. The van der Waals surface area contributed by atoms with E-state index in [0.29, 0.717) is 10.5 Å². The molecule has 24 heavy (non-hydrogen) atoms. The van der Waals surface area contributed by atoms with Crippen LogP contribution in [0.3, 0.4) is 0 Å². The normalized spacial score (nSPS) is 10.2. The number of rotatable bonds is 5. The van der Waals surface area contributed by atoms with Crippen LogP contribution in [0.15, 0.2) is 46.2 Å². The van der Waals surface area contributed by atoms with E-state index in [1.165, 1.54) is 13.2 Å². The van der Waals surface area contributed by atoms with Crippen LogP contribution >= 0.6 is 11.8 Å². The summed E-state index contributed by atoms with van der Waals surface area (Å²) < 4.78 is 4.70. The van der Waals surface area contributed by atoms with Gasteiger partial charge in [-0.3, -0.25) is 10.1 Å². The minimum Gasteiger partial charge on any atom is -0.478 e. The quantitative estimate of drug-likeness (QED) is 0.501. The topological polar surface area (TPSA) is 107 Å². The van der Waals surface area contributed by atoms with Crippen LogP contribution in [0, 0.1) is 17.0 Å². The number of nitro groups is 1. The Morgan fingerprint density at radius 2 is 1.83 bits per heavy atom. The van der Waals surface area contributed by atoms with Crippen LogP contribution < -0.4 is 0 Å². The van der Waals surface area contributed by atoms with Crippen molar-refractivity contribution in [1.29, 1.82) is 0 Å². The van der Waals surface area contributed by atoms with Crippen LogP contribution in [-0.4, -0.2) is 29.1 Å². The Bertz CT molecular complexity index is 833. The van der Waals surface area contributed by atoms with Gasteiger partial charge in [-0.15, -0.1) is 0 Å². The Kier molecular flexibility index (Phi) is 5.20. The van der Waals surface area contributed by atoms with E-state index in [-0.39, 0.29) is 21.7 Å². The van der Waals surface area contributed by atoms with Gasteiger partial charge in [0.2, 0.25) is 0 Å². The van der Waals surface area contributed by atoms with Crippen molar-refractivity contribution < 1.29 is 24.4 Å². The number of ether oxygens (including phenoxy) is 1. The molecule has 2 aromatic rings. The Morgan fingerprint density at radius 3 is 2.42 bits per heavy atom. The number of esters is 1. The molecule has 0 aromatic heterocycles. The molecule has 0 bridgehead atoms. The second kappa shape index (κ2) is 7.14. The molecule has 0 heterocycles. The highest BCUT2D eigenvalue weighted by Crippen LogP contribution is 2.38. The van der Waals surface area contributed by atoms with Gasteiger partial charge in [-0.2, -0.15) is 0 Å². The number of carbonyl (C=O) groups is 2. The highest BCUT2D eigenvalue weighted by atomic mass is 32.2. The Morgan fingerprint density at radius 1 is 1.17 bits per heavy atom. The average Bonchev–Trinajstić information content (AvgIpc) is 2.54. The zero-order valence-corrected chi connectivity index (χ0v) is 13.6. The number of benzene rings is 2. The molecule has 1 N–H and O–H groups in total. The van der Waals surface area contributed by atoms with Gasteiger partial charge in [0.25, 0.3) is 5.69 Å². The molecule has 0 spiro atoms. The van der Waals surface area contributed by atoms with Crippen LogP contribution in [0.1, 0.15) is 26.3 Å². The van der Waals surface area contributed by atoms with Crippen LogP contribution in [0.5, 0.6) is 0 Å². The molecular formula is C16H13NO6S. The second-order valence-corrected chi connectivity index (χ2v) is 5.87. The van der Waals surface area contributed by atoms with Crippen LogP contribution in [0.4, 0.5) is 5.69 Å². The Balaban J connectivity index is 2.55. The summed E-state index contributed by atoms with van der Waals surface area (Å²) in [7, 11) is 1.25. The predicted octanol–water partition coefficient (Wildman–Crippen LogP) is 3.54. The lowest BCUT2D eigenvalue weighted by Crippen LogP contribution is -2.04. The molecule has 0 aliphatic carbocycles. The molecule has 8 heteroatoms. The van der Waals surface area contributed by atoms with E-state index in [2.05, 4.69) is 0 Å². The number of methoxy groups -OCH3 is 1. The monoisotopic (exact) mass is 347 g/mol. The maximum absolute atomic E-state index is 11.8. The highest BCUT2D eigenvalue weighted by Gasteiger charge is 2.22. The van der Waals surface area contributed by atoms with Gasteiger partial charge in [-0.05, 0) is 30.7 Å². The largest absolute Gasteiger partial charge is 0.478 e. The van der Waals surface area contributed by atoms with E-state index in [1.54, 1.807) is 31.2 Å². The summed E-state index contributed by atoms with van der Waals surface area (Å²) in [6.45, 7) is 1.56. The Hall–Kier alpha value is -2.87. The zero-order chi connectivity index (χ0) is 17.9. The predicted molar refractivity (Wildman–Crippen MR) is 86.7 cm³/mol. The summed E-state index contributed by atoms with van der Waals surface area (Å²) in [5.74, 6) is -1.79. The standard InChI is InChI=1S/C16H13NO6S/c1-9-7-14(12(17(21)22)8-11(9)15(18)19)24-13-6-4-3-5-10(13)16(20)23-2/h3-8H,1-2H3,(H,18,19). The minimum atomic E-state index is -1.23. The van der Waals surface area contributed by atoms with Crippen molar-refractivity contribution in [2.45, 2.75) is 16.7 Å². The zero-order valence-electron chi connectivity index (χ0n) is 12.8. The fourth-order valence-electron chi connectivity index (χ4n) is 2.08. The first-order chi connectivity index (χ1) is 11.3. The van der Waals surface area contributed by atoms with Gasteiger partial charge in [0.15, 0.2) is 0 Å². The van der Waals surface area contributed by atoms with Gasteiger partial charge in [0.1, 0.15) is 0 Å². The SMILES string of the molecule is COC(=O)c1ccccc1Sc1cc(C)c(C(=O)O)cc1[N+](=O)[O-]. The van der Waals surface area contributed by atoms with Crippen molar-refractivity contribution in [3.05, 3.63) is 63.2 Å². The fraction of sp³-hybridized carbons (Fsp3) is 0.125. The van der Waals surface area contributed by atoms with Gasteiger partial charge in [-0.25, -0.2) is 9.59 Å². The van der Waals surface area contributed by atoms with E-state index in [9.17, 15) is 19.7 Å². The molecule has 7 nitrogen and oxygen atoms in total. The number of aromatic carboxylic acids is 1. The van der Waals surface area contributed by atoms with Crippen molar-refractivity contribution in [3.8, 4) is 0 Å². The van der Waals surface area contributed by atoms with Crippen LogP contribution in [0.25, 0.3) is 0 Å². The Labute approximate surface area is 141 Å². The molecular weight excluding hydrogens is 334 g/mol. The van der Waals surface area contributed by atoms with E-state index < -0.39 is 16.9 Å². The fourth-order valence-corrected chi connectivity index (χ4v) is 3.20. The van der Waals surface area contributed by atoms with Gasteiger partial charge < -0.3 is 9.84 Å². The molecule has 0 radical (unpaired) electrons. The lowest BCUT2D eigenvalue weighted by Gasteiger charge is -2.09. The van der Waals surface area contributed by atoms with E-state index in [1.807, 2.05) is 0 Å². The lowest BCUT2D eigenvalue weighted by molar-refractivity contribution is -0.387. The van der Waals surface area contributed by atoms with Crippen LogP contribution in [-0.2, 0) is 4.74 Å². The molecule has 124 valence electrons. The van der Waals surface area contributed by atoms with Gasteiger partial charge in [0, 0.05) is 11.0 Å². The number of hydrogen-bond donors (Lipinski definition) is 1. The third-order valence-corrected chi connectivity index (χ3v) is 4.37. The molecule has 2 rings (SSSR count). The van der Waals surface area contributed by atoms with E-state index in [0.717, 1.165) is 17.8 Å². The first-order valence-electron chi connectivity index (χ1n) is 6.72. The third kappa shape index (κ3) is 3.54. The molecule has 0 amide bonds. The highest BCUT2D eigenvalue weighted by molar-refractivity contribution is 7.99. The number of carboxylic acids is 1. The number of hydrogen-bond acceptors (Lipinski definition) is 6. The third-order valence-electron chi connectivity index (χ3n) is 3.25. The summed E-state index contributed by atoms with van der Waals surface area (Å²) in [5.41, 5.74) is 0.209. The molecule has 0 aliphatic rings. The molecule has 0 unspecified atom stereocenters. The summed E-state index contributed by atoms with van der Waals surface area (Å²) in [5, 5.41) is 20.4. The number of nitro benzene ring substituents is 1. The maximum atomic E-state index is 11.8. The summed E-state index contributed by atoms with van der Waals surface area (Å²) in [6.07, 6.45) is 0. The van der Waals surface area contributed by atoms with E-state index >= 15 is 0 Å². The van der Waals surface area contributed by atoms with Gasteiger partial charge in [-0.1, -0.05) is 23.9 Å². The number of nitrogens with zero attached hydrogens (tertiary/aromatic N) is 1. The number of carbonyl (C=O) groups excluding carboxylic acids is 1. The van der Waals surface area contributed by atoms with Crippen molar-refractivity contribution in [2.24, 2.45) is 0 Å². The van der Waals surface area contributed by atoms with Crippen molar-refractivity contribution >= 4 is 29.4 Å². The average molecular weight is 347 g/mol. The molecule has 0 atom stereocenters. The molecule has 0 saturated heterocycles. The summed E-state index contributed by atoms with van der Waals surface area (Å²) >= 11 is 1.01. The first-order valence-corrected chi connectivity index (χ1v) is 7.54. The van der Waals surface area contributed by atoms with Crippen molar-refractivity contribution in [3.63, 3.8) is 0 Å². The van der Waals surface area contributed by atoms with Gasteiger partial charge in [0.05, 0.1) is 28.1 Å². The molecule has 2 aromatic carbocycles. The number of aryl methyl sites for hydroxylation is 1. The molecule has 0 aliphatic heterocycles. The molecule has 0 fully saturated rings. The van der Waals surface area contributed by atoms with Crippen molar-refractivity contribution in [2.75, 3.05) is 7.11 Å². The van der Waals surface area contributed by atoms with Gasteiger partial charge >= 0.3 is 11.9 Å². The first kappa shape index (κ1) is 17.5.